The van der Waals surface area contributed by atoms with Crippen molar-refractivity contribution in [1.29, 1.82) is 0 Å². The molecular weight excluding hydrogens is 250 g/mol. The number of benzene rings is 1. The van der Waals surface area contributed by atoms with Gasteiger partial charge >= 0.3 is 0 Å². The second-order valence-corrected chi connectivity index (χ2v) is 6.57. The van der Waals surface area contributed by atoms with Crippen molar-refractivity contribution < 1.29 is 9.84 Å². The SMILES string of the molecule is Cc1cc(OCCN(C)CC(C)(C)O)ccc1C(C)C. The van der Waals surface area contributed by atoms with Crippen molar-refractivity contribution in [3.63, 3.8) is 0 Å². The second-order valence-electron chi connectivity index (χ2n) is 6.57. The van der Waals surface area contributed by atoms with Gasteiger partial charge in [0.25, 0.3) is 0 Å². The quantitative estimate of drug-likeness (QED) is 0.832. The molecule has 1 aromatic carbocycles. The molecule has 3 nitrogen and oxygen atoms in total. The molecule has 0 aliphatic rings. The minimum atomic E-state index is -0.662. The Kier molecular flexibility index (Phi) is 6.03. The number of ether oxygens (including phenoxy) is 1. The number of likely N-dealkylation sites (N-methyl/N-ethyl adjacent to an activating group) is 1. The lowest BCUT2D eigenvalue weighted by Gasteiger charge is -2.25. The van der Waals surface area contributed by atoms with Crippen molar-refractivity contribution in [2.45, 2.75) is 46.1 Å². The van der Waals surface area contributed by atoms with Crippen LogP contribution in [0, 0.1) is 6.92 Å². The van der Waals surface area contributed by atoms with E-state index in [4.69, 9.17) is 4.74 Å². The average Bonchev–Trinajstić information content (AvgIpc) is 2.25. The van der Waals surface area contributed by atoms with Crippen molar-refractivity contribution in [3.8, 4) is 5.75 Å². The zero-order chi connectivity index (χ0) is 15.3. The first-order valence-corrected chi connectivity index (χ1v) is 7.33. The zero-order valence-electron chi connectivity index (χ0n) is 13.7. The Balaban J connectivity index is 2.45. The first kappa shape index (κ1) is 17.0. The molecular formula is C17H29NO2. The van der Waals surface area contributed by atoms with Crippen LogP contribution in [0.3, 0.4) is 0 Å². The first-order valence-electron chi connectivity index (χ1n) is 7.33. The Morgan fingerprint density at radius 1 is 1.30 bits per heavy atom. The Morgan fingerprint density at radius 2 is 1.95 bits per heavy atom. The van der Waals surface area contributed by atoms with E-state index < -0.39 is 5.60 Å². The third-order valence-electron chi connectivity index (χ3n) is 3.26. The van der Waals surface area contributed by atoms with Crippen LogP contribution >= 0.6 is 0 Å². The summed E-state index contributed by atoms with van der Waals surface area (Å²) in [7, 11) is 1.99. The molecule has 0 amide bonds. The molecule has 0 saturated carbocycles. The number of aryl methyl sites for hydroxylation is 1. The number of hydrogen-bond donors (Lipinski definition) is 1. The van der Waals surface area contributed by atoms with Gasteiger partial charge in [-0.15, -0.1) is 0 Å². The molecule has 0 aliphatic carbocycles. The minimum Gasteiger partial charge on any atom is -0.492 e. The molecule has 0 unspecified atom stereocenters. The molecule has 114 valence electrons. The molecule has 0 spiro atoms. The predicted octanol–water partition coefficient (Wildman–Crippen LogP) is 3.20. The summed E-state index contributed by atoms with van der Waals surface area (Å²) in [5.41, 5.74) is 1.99. The van der Waals surface area contributed by atoms with E-state index in [2.05, 4.69) is 37.8 Å². The van der Waals surface area contributed by atoms with Crippen LogP contribution in [0.2, 0.25) is 0 Å². The van der Waals surface area contributed by atoms with Crippen LogP contribution in [0.25, 0.3) is 0 Å². The van der Waals surface area contributed by atoms with Crippen LogP contribution in [0.1, 0.15) is 44.7 Å². The Hall–Kier alpha value is -1.06. The summed E-state index contributed by atoms with van der Waals surface area (Å²) in [5, 5.41) is 9.74. The number of nitrogens with zero attached hydrogens (tertiary/aromatic N) is 1. The fourth-order valence-corrected chi connectivity index (χ4v) is 2.44. The molecule has 0 heterocycles. The van der Waals surface area contributed by atoms with Gasteiger partial charge in [-0.3, -0.25) is 0 Å². The molecule has 0 atom stereocenters. The summed E-state index contributed by atoms with van der Waals surface area (Å²) < 4.78 is 5.78. The maximum absolute atomic E-state index is 9.74. The third kappa shape index (κ3) is 5.93. The molecule has 0 bridgehead atoms. The van der Waals surface area contributed by atoms with Crippen LogP contribution in [0.5, 0.6) is 5.75 Å². The summed E-state index contributed by atoms with van der Waals surface area (Å²) >= 11 is 0. The highest BCUT2D eigenvalue weighted by atomic mass is 16.5. The largest absolute Gasteiger partial charge is 0.492 e. The van der Waals surface area contributed by atoms with Crippen molar-refractivity contribution in [1.82, 2.24) is 4.90 Å². The van der Waals surface area contributed by atoms with Crippen molar-refractivity contribution in [2.75, 3.05) is 26.7 Å². The smallest absolute Gasteiger partial charge is 0.119 e. The molecule has 3 heteroatoms. The maximum Gasteiger partial charge on any atom is 0.119 e. The van der Waals surface area contributed by atoms with E-state index in [0.29, 0.717) is 19.1 Å². The molecule has 0 aliphatic heterocycles. The highest BCUT2D eigenvalue weighted by Crippen LogP contribution is 2.23. The van der Waals surface area contributed by atoms with E-state index in [0.717, 1.165) is 12.3 Å². The van der Waals surface area contributed by atoms with Gasteiger partial charge in [-0.2, -0.15) is 0 Å². The lowest BCUT2D eigenvalue weighted by Crippen LogP contribution is -2.38. The molecule has 0 saturated heterocycles. The number of rotatable bonds is 7. The molecule has 0 radical (unpaired) electrons. The van der Waals surface area contributed by atoms with Crippen LogP contribution in [0.4, 0.5) is 0 Å². The van der Waals surface area contributed by atoms with Crippen LogP contribution < -0.4 is 4.74 Å². The van der Waals surface area contributed by atoms with Gasteiger partial charge in [-0.05, 0) is 57.0 Å². The van der Waals surface area contributed by atoms with Gasteiger partial charge in [-0.1, -0.05) is 19.9 Å². The van der Waals surface area contributed by atoms with E-state index in [1.54, 1.807) is 0 Å². The first-order chi connectivity index (χ1) is 9.19. The summed E-state index contributed by atoms with van der Waals surface area (Å²) in [6, 6.07) is 6.29. The van der Waals surface area contributed by atoms with E-state index in [1.807, 2.05) is 27.0 Å². The summed E-state index contributed by atoms with van der Waals surface area (Å²) in [4.78, 5) is 2.08. The Morgan fingerprint density at radius 3 is 2.45 bits per heavy atom. The third-order valence-corrected chi connectivity index (χ3v) is 3.26. The topological polar surface area (TPSA) is 32.7 Å². The highest BCUT2D eigenvalue weighted by molar-refractivity contribution is 5.36. The highest BCUT2D eigenvalue weighted by Gasteiger charge is 2.15. The summed E-state index contributed by atoms with van der Waals surface area (Å²) in [5.74, 6) is 1.46. The Bertz CT molecular complexity index is 421. The van der Waals surface area contributed by atoms with Gasteiger partial charge in [0.1, 0.15) is 12.4 Å². The number of hydrogen-bond acceptors (Lipinski definition) is 3. The average molecular weight is 279 g/mol. The standard InChI is InChI=1S/C17H29NO2/c1-13(2)16-8-7-15(11-14(16)3)20-10-9-18(6)12-17(4,5)19/h7-8,11,13,19H,9-10,12H2,1-6H3. The van der Waals surface area contributed by atoms with E-state index in [9.17, 15) is 5.11 Å². The monoisotopic (exact) mass is 279 g/mol. The van der Waals surface area contributed by atoms with Gasteiger partial charge in [0, 0.05) is 13.1 Å². The molecule has 1 aromatic rings. The molecule has 1 rings (SSSR count). The predicted molar refractivity (Wildman–Crippen MR) is 84.6 cm³/mol. The van der Waals surface area contributed by atoms with Crippen LogP contribution in [-0.4, -0.2) is 42.4 Å². The van der Waals surface area contributed by atoms with Gasteiger partial charge in [-0.25, -0.2) is 0 Å². The zero-order valence-corrected chi connectivity index (χ0v) is 13.7. The van der Waals surface area contributed by atoms with E-state index in [1.165, 1.54) is 11.1 Å². The van der Waals surface area contributed by atoms with Crippen molar-refractivity contribution >= 4 is 0 Å². The van der Waals surface area contributed by atoms with Gasteiger partial charge in [0.2, 0.25) is 0 Å². The second kappa shape index (κ2) is 7.09. The molecule has 0 fully saturated rings. The Labute approximate surface area is 123 Å². The summed E-state index contributed by atoms with van der Waals surface area (Å²) in [6.45, 7) is 12.2. The van der Waals surface area contributed by atoms with E-state index >= 15 is 0 Å². The molecule has 1 N–H and O–H groups in total. The lowest BCUT2D eigenvalue weighted by molar-refractivity contribution is 0.0411. The van der Waals surface area contributed by atoms with Crippen molar-refractivity contribution in [3.05, 3.63) is 29.3 Å². The normalized spacial score (nSPS) is 12.2. The van der Waals surface area contributed by atoms with Crippen molar-refractivity contribution in [2.24, 2.45) is 0 Å². The fraction of sp³-hybridized carbons (Fsp3) is 0.647. The van der Waals surface area contributed by atoms with Gasteiger partial charge in [0.05, 0.1) is 5.60 Å². The minimum absolute atomic E-state index is 0.543. The maximum atomic E-state index is 9.74. The van der Waals surface area contributed by atoms with Crippen LogP contribution in [0.15, 0.2) is 18.2 Å². The van der Waals surface area contributed by atoms with Gasteiger partial charge in [0.15, 0.2) is 0 Å². The number of aliphatic hydroxyl groups is 1. The molecule has 0 aromatic heterocycles. The van der Waals surface area contributed by atoms with Crippen LogP contribution in [-0.2, 0) is 0 Å². The fourth-order valence-electron chi connectivity index (χ4n) is 2.44. The summed E-state index contributed by atoms with van der Waals surface area (Å²) in [6.07, 6.45) is 0. The lowest BCUT2D eigenvalue weighted by atomic mass is 9.98. The molecule has 20 heavy (non-hydrogen) atoms. The van der Waals surface area contributed by atoms with Gasteiger partial charge < -0.3 is 14.7 Å². The van der Waals surface area contributed by atoms with E-state index in [-0.39, 0.29) is 0 Å².